The van der Waals surface area contributed by atoms with E-state index in [4.69, 9.17) is 14.7 Å². The molecule has 8 heteroatoms. The number of methoxy groups -OCH3 is 1. The smallest absolute Gasteiger partial charge is 0.340 e. The Hall–Kier alpha value is -3.26. The van der Waals surface area contributed by atoms with Crippen LogP contribution in [0.1, 0.15) is 10.4 Å². The molecule has 0 bridgehead atoms. The van der Waals surface area contributed by atoms with E-state index >= 15 is 0 Å². The number of nitrogen functional groups attached to an aromatic ring is 1. The highest BCUT2D eigenvalue weighted by Crippen LogP contribution is 2.32. The third-order valence-electron chi connectivity index (χ3n) is 3.76. The van der Waals surface area contributed by atoms with Crippen LogP contribution in [0.25, 0.3) is 10.8 Å². The molecule has 0 aliphatic rings. The zero-order valence-corrected chi connectivity index (χ0v) is 14.5. The number of nitrogens with two attached hydrogens (primary N) is 1. The van der Waals surface area contributed by atoms with Gasteiger partial charge in [0.2, 0.25) is 0 Å². The highest BCUT2D eigenvalue weighted by atomic mass is 32.2. The first-order valence-electron chi connectivity index (χ1n) is 7.46. The van der Waals surface area contributed by atoms with Gasteiger partial charge in [0.15, 0.2) is 5.75 Å². The van der Waals surface area contributed by atoms with Crippen LogP contribution in [-0.2, 0) is 10.1 Å². The number of fused-ring (bicyclic) bond motifs is 1. The molecule has 3 N–H and O–H groups in total. The van der Waals surface area contributed by atoms with Crippen molar-refractivity contribution in [3.8, 4) is 11.5 Å². The van der Waals surface area contributed by atoms with E-state index in [0.717, 1.165) is 5.39 Å². The molecule has 0 aliphatic heterocycles. The summed E-state index contributed by atoms with van der Waals surface area (Å²) in [6.07, 6.45) is 0. The first kappa shape index (κ1) is 17.6. The molecule has 3 rings (SSSR count). The Morgan fingerprint density at radius 3 is 2.46 bits per heavy atom. The summed E-state index contributed by atoms with van der Waals surface area (Å²) in [7, 11) is -2.84. The van der Waals surface area contributed by atoms with Crippen molar-refractivity contribution in [1.29, 1.82) is 0 Å². The van der Waals surface area contributed by atoms with Gasteiger partial charge in [-0.2, -0.15) is 8.42 Å². The third kappa shape index (κ3) is 3.27. The van der Waals surface area contributed by atoms with Crippen LogP contribution in [0, 0.1) is 0 Å². The number of aromatic carboxylic acids is 1. The van der Waals surface area contributed by atoms with Crippen molar-refractivity contribution in [2.24, 2.45) is 0 Å². The van der Waals surface area contributed by atoms with Crippen LogP contribution in [0.4, 0.5) is 5.69 Å². The maximum atomic E-state index is 12.6. The second-order valence-corrected chi connectivity index (χ2v) is 6.96. The van der Waals surface area contributed by atoms with Crippen molar-refractivity contribution >= 4 is 32.5 Å². The molecule has 26 heavy (non-hydrogen) atoms. The summed E-state index contributed by atoms with van der Waals surface area (Å²) in [4.78, 5) is 10.8. The van der Waals surface area contributed by atoms with Crippen molar-refractivity contribution in [1.82, 2.24) is 0 Å². The number of benzene rings is 3. The van der Waals surface area contributed by atoms with Gasteiger partial charge < -0.3 is 19.8 Å². The summed E-state index contributed by atoms with van der Waals surface area (Å²) < 4.78 is 35.4. The quantitative estimate of drug-likeness (QED) is 0.522. The van der Waals surface area contributed by atoms with E-state index in [1.54, 1.807) is 24.3 Å². The highest BCUT2D eigenvalue weighted by Gasteiger charge is 2.24. The third-order valence-corrected chi connectivity index (χ3v) is 5.06. The monoisotopic (exact) mass is 373 g/mol. The fraction of sp³-hybridized carbons (Fsp3) is 0.0556. The average Bonchev–Trinajstić information content (AvgIpc) is 2.61. The molecule has 134 valence electrons. The Bertz CT molecular complexity index is 1110. The molecule has 0 atom stereocenters. The van der Waals surface area contributed by atoms with Crippen molar-refractivity contribution in [2.75, 3.05) is 12.8 Å². The topological polar surface area (TPSA) is 116 Å². The van der Waals surface area contributed by atoms with Gasteiger partial charge in [-0.1, -0.05) is 18.2 Å². The lowest BCUT2D eigenvalue weighted by Gasteiger charge is -2.12. The van der Waals surface area contributed by atoms with E-state index in [9.17, 15) is 18.3 Å². The van der Waals surface area contributed by atoms with Crippen LogP contribution < -0.4 is 14.7 Å². The number of rotatable bonds is 5. The molecule has 7 nitrogen and oxygen atoms in total. The molecule has 0 radical (unpaired) electrons. The van der Waals surface area contributed by atoms with Gasteiger partial charge in [-0.05, 0) is 47.2 Å². The van der Waals surface area contributed by atoms with Gasteiger partial charge in [0, 0.05) is 0 Å². The van der Waals surface area contributed by atoms with Crippen molar-refractivity contribution in [3.05, 3.63) is 60.2 Å². The Kier molecular flexibility index (Phi) is 4.43. The van der Waals surface area contributed by atoms with Gasteiger partial charge >= 0.3 is 16.1 Å². The minimum atomic E-state index is -4.38. The summed E-state index contributed by atoms with van der Waals surface area (Å²) in [5, 5.41) is 10.6. The minimum absolute atomic E-state index is 0.0807. The first-order valence-corrected chi connectivity index (χ1v) is 8.87. The normalized spacial score (nSPS) is 11.3. The number of carboxylic acid groups (broad SMARTS) is 1. The van der Waals surface area contributed by atoms with Crippen LogP contribution in [-0.4, -0.2) is 26.6 Å². The summed E-state index contributed by atoms with van der Waals surface area (Å²) >= 11 is 0. The van der Waals surface area contributed by atoms with E-state index in [2.05, 4.69) is 0 Å². The molecule has 0 spiro atoms. The second-order valence-electron chi connectivity index (χ2n) is 5.44. The fourth-order valence-electron chi connectivity index (χ4n) is 2.50. The van der Waals surface area contributed by atoms with Crippen LogP contribution in [0.5, 0.6) is 11.5 Å². The van der Waals surface area contributed by atoms with Gasteiger partial charge in [0.25, 0.3) is 0 Å². The lowest BCUT2D eigenvalue weighted by atomic mass is 10.1. The van der Waals surface area contributed by atoms with Crippen molar-refractivity contribution in [3.63, 3.8) is 0 Å². The van der Waals surface area contributed by atoms with Crippen LogP contribution >= 0.6 is 0 Å². The zero-order chi connectivity index (χ0) is 18.9. The summed E-state index contributed by atoms with van der Waals surface area (Å²) in [5.41, 5.74) is 5.64. The lowest BCUT2D eigenvalue weighted by molar-refractivity contribution is 0.0692. The van der Waals surface area contributed by atoms with Crippen LogP contribution in [0.2, 0.25) is 0 Å². The molecule has 0 fully saturated rings. The van der Waals surface area contributed by atoms with Gasteiger partial charge in [-0.15, -0.1) is 0 Å². The maximum absolute atomic E-state index is 12.6. The van der Waals surface area contributed by atoms with Gasteiger partial charge in [-0.25, -0.2) is 4.79 Å². The lowest BCUT2D eigenvalue weighted by Crippen LogP contribution is -2.15. The van der Waals surface area contributed by atoms with Crippen LogP contribution in [0.3, 0.4) is 0 Å². The first-order chi connectivity index (χ1) is 12.3. The molecule has 0 saturated carbocycles. The van der Waals surface area contributed by atoms with Gasteiger partial charge in [0.1, 0.15) is 10.6 Å². The number of carboxylic acids is 1. The zero-order valence-electron chi connectivity index (χ0n) is 13.7. The van der Waals surface area contributed by atoms with Crippen molar-refractivity contribution < 1.29 is 27.2 Å². The number of ether oxygens (including phenoxy) is 1. The van der Waals surface area contributed by atoms with Crippen molar-refractivity contribution in [2.45, 2.75) is 4.90 Å². The van der Waals surface area contributed by atoms with Crippen LogP contribution in [0.15, 0.2) is 59.5 Å². The van der Waals surface area contributed by atoms with E-state index in [1.807, 2.05) is 0 Å². The largest absolute Gasteiger partial charge is 0.497 e. The highest BCUT2D eigenvalue weighted by molar-refractivity contribution is 7.87. The molecule has 3 aromatic rings. The maximum Gasteiger partial charge on any atom is 0.340 e. The molecule has 0 amide bonds. The van der Waals surface area contributed by atoms with E-state index in [-0.39, 0.29) is 17.0 Å². The predicted octanol–water partition coefficient (Wildman–Crippen LogP) is 2.90. The number of hydrogen-bond acceptors (Lipinski definition) is 6. The molecule has 0 unspecified atom stereocenters. The number of hydrogen-bond donors (Lipinski definition) is 2. The Labute approximate surface area is 149 Å². The summed E-state index contributed by atoms with van der Waals surface area (Å²) in [6.45, 7) is 0. The van der Waals surface area contributed by atoms with E-state index in [0.29, 0.717) is 11.1 Å². The Morgan fingerprint density at radius 2 is 1.77 bits per heavy atom. The number of carbonyl (C=O) groups is 1. The average molecular weight is 373 g/mol. The van der Waals surface area contributed by atoms with Gasteiger partial charge in [-0.3, -0.25) is 0 Å². The SMILES string of the molecule is COc1ccc2cc(OS(=O)(=O)c3ccccc3C(=O)O)c(N)cc2c1. The molecular weight excluding hydrogens is 358 g/mol. The second kappa shape index (κ2) is 6.57. The Morgan fingerprint density at radius 1 is 1.04 bits per heavy atom. The van der Waals surface area contributed by atoms with E-state index in [1.165, 1.54) is 37.4 Å². The molecule has 0 heterocycles. The standard InChI is InChI=1S/C18H15NO6S/c1-24-13-7-6-11-10-16(15(19)9-12(11)8-13)25-26(22,23)17-5-3-2-4-14(17)18(20)21/h2-10H,19H2,1H3,(H,20,21). The number of anilines is 1. The van der Waals surface area contributed by atoms with E-state index < -0.39 is 21.0 Å². The van der Waals surface area contributed by atoms with Gasteiger partial charge in [0.05, 0.1) is 18.4 Å². The molecular formula is C18H15NO6S. The molecule has 0 aromatic heterocycles. The predicted molar refractivity (Wildman–Crippen MR) is 96.1 cm³/mol. The molecule has 0 aliphatic carbocycles. The Balaban J connectivity index is 2.05. The molecule has 3 aromatic carbocycles. The molecule has 0 saturated heterocycles. The minimum Gasteiger partial charge on any atom is -0.497 e. The fourth-order valence-corrected chi connectivity index (χ4v) is 3.64. The summed E-state index contributed by atoms with van der Waals surface area (Å²) in [6, 6.07) is 13.4. The summed E-state index contributed by atoms with van der Waals surface area (Å²) in [5.74, 6) is -0.817.